The van der Waals surface area contributed by atoms with Gasteiger partial charge in [-0.3, -0.25) is 4.79 Å². The highest BCUT2D eigenvalue weighted by molar-refractivity contribution is 5.82. The Kier molecular flexibility index (Phi) is 4.93. The summed E-state index contributed by atoms with van der Waals surface area (Å²) in [5.74, 6) is -2.03. The van der Waals surface area contributed by atoms with Crippen molar-refractivity contribution >= 4 is 5.91 Å². The topological polar surface area (TPSA) is 49.3 Å². The smallest absolute Gasteiger partial charge is 0.223 e. The number of hydrogen-bond acceptors (Lipinski definition) is 2. The van der Waals surface area contributed by atoms with Gasteiger partial charge >= 0.3 is 0 Å². The number of halogens is 2. The first-order valence-corrected chi connectivity index (χ1v) is 7.34. The van der Waals surface area contributed by atoms with Gasteiger partial charge in [0.15, 0.2) is 11.6 Å². The molecular formula is C16H21F2NO2. The van der Waals surface area contributed by atoms with Crippen molar-refractivity contribution < 1.29 is 18.7 Å². The highest BCUT2D eigenvalue weighted by Gasteiger charge is 2.44. The van der Waals surface area contributed by atoms with E-state index in [1.807, 2.05) is 13.8 Å². The Morgan fingerprint density at radius 2 is 2.14 bits per heavy atom. The molecule has 1 saturated carbocycles. The highest BCUT2D eigenvalue weighted by Crippen LogP contribution is 2.47. The number of rotatable bonds is 6. The maximum atomic E-state index is 13.2. The van der Waals surface area contributed by atoms with Crippen LogP contribution in [0.4, 0.5) is 8.78 Å². The van der Waals surface area contributed by atoms with Crippen LogP contribution in [0.5, 0.6) is 0 Å². The van der Waals surface area contributed by atoms with E-state index in [2.05, 4.69) is 5.32 Å². The predicted molar refractivity (Wildman–Crippen MR) is 75.7 cm³/mol. The van der Waals surface area contributed by atoms with Gasteiger partial charge in [0.05, 0.1) is 6.10 Å². The second kappa shape index (κ2) is 6.52. The first-order valence-electron chi connectivity index (χ1n) is 7.34. The number of aliphatic hydroxyl groups excluding tert-OH is 1. The van der Waals surface area contributed by atoms with Crippen molar-refractivity contribution in [2.45, 2.75) is 38.7 Å². The zero-order valence-corrected chi connectivity index (χ0v) is 12.3. The molecule has 1 aromatic carbocycles. The lowest BCUT2D eigenvalue weighted by Gasteiger charge is -2.17. The SMILES string of the molecule is CCC(C)C(O)CNC(=O)C1CC1c1ccc(F)c(F)c1. The molecular weight excluding hydrogens is 276 g/mol. The summed E-state index contributed by atoms with van der Waals surface area (Å²) >= 11 is 0. The van der Waals surface area contributed by atoms with E-state index >= 15 is 0 Å². The molecule has 4 atom stereocenters. The molecule has 4 unspecified atom stereocenters. The zero-order chi connectivity index (χ0) is 15.6. The molecule has 2 rings (SSSR count). The van der Waals surface area contributed by atoms with E-state index in [1.165, 1.54) is 6.07 Å². The van der Waals surface area contributed by atoms with Crippen LogP contribution in [0.3, 0.4) is 0 Å². The molecule has 0 heterocycles. The fraction of sp³-hybridized carbons (Fsp3) is 0.562. The summed E-state index contributed by atoms with van der Waals surface area (Å²) in [6.07, 6.45) is 0.924. The van der Waals surface area contributed by atoms with Gasteiger partial charge in [0.25, 0.3) is 0 Å². The van der Waals surface area contributed by atoms with Crippen LogP contribution in [0, 0.1) is 23.5 Å². The van der Waals surface area contributed by atoms with Gasteiger partial charge < -0.3 is 10.4 Å². The summed E-state index contributed by atoms with van der Waals surface area (Å²) in [6.45, 7) is 4.14. The highest BCUT2D eigenvalue weighted by atomic mass is 19.2. The van der Waals surface area contributed by atoms with Crippen molar-refractivity contribution in [2.75, 3.05) is 6.54 Å². The number of carbonyl (C=O) groups is 1. The van der Waals surface area contributed by atoms with Crippen LogP contribution in [0.2, 0.25) is 0 Å². The molecule has 21 heavy (non-hydrogen) atoms. The quantitative estimate of drug-likeness (QED) is 0.848. The average Bonchev–Trinajstić information content (AvgIpc) is 3.26. The van der Waals surface area contributed by atoms with Crippen LogP contribution in [0.15, 0.2) is 18.2 Å². The molecule has 0 saturated heterocycles. The molecule has 3 nitrogen and oxygen atoms in total. The summed E-state index contributed by atoms with van der Waals surface area (Å²) in [5, 5.41) is 12.5. The van der Waals surface area contributed by atoms with Gasteiger partial charge in [-0.15, -0.1) is 0 Å². The fourth-order valence-corrected chi connectivity index (χ4v) is 2.41. The second-order valence-electron chi connectivity index (χ2n) is 5.82. The summed E-state index contributed by atoms with van der Waals surface area (Å²) < 4.78 is 26.0. The van der Waals surface area contributed by atoms with Crippen LogP contribution < -0.4 is 5.32 Å². The average molecular weight is 297 g/mol. The minimum Gasteiger partial charge on any atom is -0.391 e. The molecule has 0 aromatic heterocycles. The van der Waals surface area contributed by atoms with Crippen molar-refractivity contribution in [1.29, 1.82) is 0 Å². The Morgan fingerprint density at radius 3 is 2.76 bits per heavy atom. The third-order valence-electron chi connectivity index (χ3n) is 4.29. The zero-order valence-electron chi connectivity index (χ0n) is 12.3. The Hall–Kier alpha value is -1.49. The van der Waals surface area contributed by atoms with E-state index in [0.29, 0.717) is 12.0 Å². The van der Waals surface area contributed by atoms with Crippen molar-refractivity contribution in [2.24, 2.45) is 11.8 Å². The number of aliphatic hydroxyl groups is 1. The molecule has 0 radical (unpaired) electrons. The van der Waals surface area contributed by atoms with Gasteiger partial charge in [0.2, 0.25) is 5.91 Å². The van der Waals surface area contributed by atoms with Gasteiger partial charge in [-0.25, -0.2) is 8.78 Å². The molecule has 1 aliphatic carbocycles. The van der Waals surface area contributed by atoms with E-state index in [1.54, 1.807) is 0 Å². The van der Waals surface area contributed by atoms with Gasteiger partial charge in [-0.1, -0.05) is 26.3 Å². The standard InChI is InChI=1S/C16H21F2NO2/c1-3-9(2)15(20)8-19-16(21)12-7-11(12)10-4-5-13(17)14(18)6-10/h4-6,9,11-12,15,20H,3,7-8H2,1-2H3,(H,19,21). The van der Waals surface area contributed by atoms with E-state index in [4.69, 9.17) is 0 Å². The molecule has 0 spiro atoms. The third-order valence-corrected chi connectivity index (χ3v) is 4.29. The monoisotopic (exact) mass is 297 g/mol. The molecule has 1 fully saturated rings. The first kappa shape index (κ1) is 15.9. The molecule has 116 valence electrons. The summed E-state index contributed by atoms with van der Waals surface area (Å²) in [4.78, 5) is 12.0. The van der Waals surface area contributed by atoms with Gasteiger partial charge in [0.1, 0.15) is 0 Å². The van der Waals surface area contributed by atoms with E-state index in [9.17, 15) is 18.7 Å². The number of nitrogens with one attached hydrogen (secondary N) is 1. The third kappa shape index (κ3) is 3.79. The van der Waals surface area contributed by atoms with Gasteiger partial charge in [-0.2, -0.15) is 0 Å². The molecule has 1 amide bonds. The number of hydrogen-bond donors (Lipinski definition) is 2. The van der Waals surface area contributed by atoms with Crippen LogP contribution in [-0.2, 0) is 4.79 Å². The molecule has 2 N–H and O–H groups in total. The van der Waals surface area contributed by atoms with Crippen LogP contribution in [-0.4, -0.2) is 23.7 Å². The van der Waals surface area contributed by atoms with Crippen molar-refractivity contribution in [3.05, 3.63) is 35.4 Å². The van der Waals surface area contributed by atoms with Crippen molar-refractivity contribution in [1.82, 2.24) is 5.32 Å². The lowest BCUT2D eigenvalue weighted by molar-refractivity contribution is -0.123. The number of benzene rings is 1. The van der Waals surface area contributed by atoms with Crippen molar-refractivity contribution in [3.8, 4) is 0 Å². The molecule has 0 bridgehead atoms. The Balaban J connectivity index is 1.85. The molecule has 5 heteroatoms. The lowest BCUT2D eigenvalue weighted by Crippen LogP contribution is -2.36. The lowest BCUT2D eigenvalue weighted by atomic mass is 10.0. The van der Waals surface area contributed by atoms with Crippen LogP contribution in [0.1, 0.15) is 38.2 Å². The largest absolute Gasteiger partial charge is 0.391 e. The number of amides is 1. The number of carbonyl (C=O) groups excluding carboxylic acids is 1. The van der Waals surface area contributed by atoms with Crippen molar-refractivity contribution in [3.63, 3.8) is 0 Å². The predicted octanol–water partition coefficient (Wildman–Crippen LogP) is 2.59. The minimum atomic E-state index is -0.884. The normalized spacial score (nSPS) is 23.5. The van der Waals surface area contributed by atoms with E-state index in [0.717, 1.165) is 18.6 Å². The Labute approximate surface area is 123 Å². The summed E-state index contributed by atoms with van der Waals surface area (Å²) in [7, 11) is 0. The summed E-state index contributed by atoms with van der Waals surface area (Å²) in [6, 6.07) is 3.76. The molecule has 1 aromatic rings. The Morgan fingerprint density at radius 1 is 1.43 bits per heavy atom. The fourth-order valence-electron chi connectivity index (χ4n) is 2.41. The molecule has 1 aliphatic rings. The van der Waals surface area contributed by atoms with E-state index in [-0.39, 0.29) is 30.2 Å². The van der Waals surface area contributed by atoms with Gasteiger partial charge in [0, 0.05) is 12.5 Å². The van der Waals surface area contributed by atoms with E-state index < -0.39 is 17.7 Å². The summed E-state index contributed by atoms with van der Waals surface area (Å²) in [5.41, 5.74) is 0.650. The maximum absolute atomic E-state index is 13.2. The minimum absolute atomic E-state index is 0.0548. The van der Waals surface area contributed by atoms with Crippen LogP contribution >= 0.6 is 0 Å². The van der Waals surface area contributed by atoms with Gasteiger partial charge in [-0.05, 0) is 36.0 Å². The maximum Gasteiger partial charge on any atom is 0.223 e. The Bertz CT molecular complexity index is 521. The first-order chi connectivity index (χ1) is 9.93. The molecule has 0 aliphatic heterocycles. The van der Waals surface area contributed by atoms with Crippen LogP contribution in [0.25, 0.3) is 0 Å². The second-order valence-corrected chi connectivity index (χ2v) is 5.82.